The summed E-state index contributed by atoms with van der Waals surface area (Å²) < 4.78 is 0. The molecule has 2 rings (SSSR count). The molecule has 0 saturated carbocycles. The van der Waals surface area contributed by atoms with Gasteiger partial charge < -0.3 is 21.3 Å². The highest BCUT2D eigenvalue weighted by Gasteiger charge is 2.13. The van der Waals surface area contributed by atoms with Crippen molar-refractivity contribution in [1.82, 2.24) is 4.90 Å². The topological polar surface area (TPSA) is 83.2 Å². The third-order valence-corrected chi connectivity index (χ3v) is 3.27. The molecule has 4 N–H and O–H groups in total. The number of nitrogens with zero attached hydrogens (tertiary/aromatic N) is 4. The SMILES string of the molecule is CN(C)c1ccc(N=C(N)N=C(N)N2CCCC2)cc1.Cl. The summed E-state index contributed by atoms with van der Waals surface area (Å²) in [5, 5.41) is 0. The summed E-state index contributed by atoms with van der Waals surface area (Å²) in [5.74, 6) is 0.640. The van der Waals surface area contributed by atoms with Gasteiger partial charge >= 0.3 is 0 Å². The molecule has 0 radical (unpaired) electrons. The largest absolute Gasteiger partial charge is 0.378 e. The average Bonchev–Trinajstić information content (AvgIpc) is 2.93. The van der Waals surface area contributed by atoms with E-state index in [4.69, 9.17) is 11.5 Å². The Kier molecular flexibility index (Phi) is 6.30. The minimum atomic E-state index is 0. The standard InChI is InChI=1S/C14H22N6.ClH/c1-19(2)12-7-5-11(6-8-12)17-13(15)18-14(16)20-9-3-4-10-20;/h5-8H,3-4,9-10H2,1-2H3,(H4,15,16,17,18);1H. The molecule has 1 aromatic rings. The van der Waals surface area contributed by atoms with E-state index in [-0.39, 0.29) is 18.4 Å². The summed E-state index contributed by atoms with van der Waals surface area (Å²) >= 11 is 0. The summed E-state index contributed by atoms with van der Waals surface area (Å²) in [7, 11) is 3.99. The molecule has 1 aliphatic heterocycles. The van der Waals surface area contributed by atoms with Gasteiger partial charge in [-0.15, -0.1) is 12.4 Å². The van der Waals surface area contributed by atoms with E-state index < -0.39 is 0 Å². The number of halogens is 1. The van der Waals surface area contributed by atoms with Crippen LogP contribution in [0, 0.1) is 0 Å². The van der Waals surface area contributed by atoms with E-state index in [9.17, 15) is 0 Å². The number of anilines is 1. The molecule has 7 heteroatoms. The van der Waals surface area contributed by atoms with Crippen LogP contribution < -0.4 is 16.4 Å². The molecule has 1 heterocycles. The highest BCUT2D eigenvalue weighted by molar-refractivity contribution is 5.94. The van der Waals surface area contributed by atoms with E-state index in [0.717, 1.165) is 37.3 Å². The number of rotatable bonds is 2. The smallest absolute Gasteiger partial charge is 0.223 e. The molecule has 116 valence electrons. The second-order valence-corrected chi connectivity index (χ2v) is 5.04. The molecule has 0 aromatic heterocycles. The van der Waals surface area contributed by atoms with Crippen LogP contribution in [0.1, 0.15) is 12.8 Å². The first kappa shape index (κ1) is 17.1. The van der Waals surface area contributed by atoms with Gasteiger partial charge in [0.05, 0.1) is 5.69 Å². The van der Waals surface area contributed by atoms with Crippen molar-refractivity contribution in [2.24, 2.45) is 21.5 Å². The summed E-state index contributed by atoms with van der Waals surface area (Å²) in [6, 6.07) is 7.78. The summed E-state index contributed by atoms with van der Waals surface area (Å²) in [5.41, 5.74) is 13.6. The molecule has 0 bridgehead atoms. The Morgan fingerprint density at radius 3 is 2.19 bits per heavy atom. The van der Waals surface area contributed by atoms with Crippen LogP contribution >= 0.6 is 12.4 Å². The van der Waals surface area contributed by atoms with Crippen molar-refractivity contribution in [3.05, 3.63) is 24.3 Å². The van der Waals surface area contributed by atoms with Crippen molar-refractivity contribution >= 4 is 35.7 Å². The molecule has 1 aromatic carbocycles. The lowest BCUT2D eigenvalue weighted by Gasteiger charge is -2.15. The van der Waals surface area contributed by atoms with Gasteiger partial charge in [-0.05, 0) is 37.1 Å². The Morgan fingerprint density at radius 2 is 1.67 bits per heavy atom. The van der Waals surface area contributed by atoms with Crippen molar-refractivity contribution < 1.29 is 0 Å². The Labute approximate surface area is 131 Å². The van der Waals surface area contributed by atoms with E-state index in [1.54, 1.807) is 0 Å². The zero-order valence-corrected chi connectivity index (χ0v) is 13.3. The van der Waals surface area contributed by atoms with Crippen molar-refractivity contribution in [1.29, 1.82) is 0 Å². The molecule has 1 fully saturated rings. The summed E-state index contributed by atoms with van der Waals surface area (Å²) in [6.45, 7) is 1.89. The molecular weight excluding hydrogens is 288 g/mol. The minimum Gasteiger partial charge on any atom is -0.378 e. The predicted octanol–water partition coefficient (Wildman–Crippen LogP) is 1.53. The van der Waals surface area contributed by atoms with Gasteiger partial charge in [0.25, 0.3) is 0 Å². The summed E-state index contributed by atoms with van der Waals surface area (Å²) in [6.07, 6.45) is 2.30. The second kappa shape index (κ2) is 7.73. The predicted molar refractivity (Wildman–Crippen MR) is 91.7 cm³/mol. The van der Waals surface area contributed by atoms with E-state index in [0.29, 0.717) is 5.96 Å². The lowest BCUT2D eigenvalue weighted by Crippen LogP contribution is -2.36. The van der Waals surface area contributed by atoms with Gasteiger partial charge in [-0.1, -0.05) is 0 Å². The molecule has 1 aliphatic rings. The third kappa shape index (κ3) is 4.82. The van der Waals surface area contributed by atoms with Gasteiger partial charge in [0.1, 0.15) is 0 Å². The van der Waals surface area contributed by atoms with Crippen LogP contribution in [0.4, 0.5) is 11.4 Å². The molecule has 0 spiro atoms. The van der Waals surface area contributed by atoms with Gasteiger partial charge in [0.15, 0.2) is 5.96 Å². The molecule has 1 saturated heterocycles. The van der Waals surface area contributed by atoms with Gasteiger partial charge in [-0.3, -0.25) is 0 Å². The molecule has 0 amide bonds. The van der Waals surface area contributed by atoms with Crippen molar-refractivity contribution in [2.75, 3.05) is 32.1 Å². The first-order valence-electron chi connectivity index (χ1n) is 6.77. The number of guanidine groups is 2. The molecule has 0 unspecified atom stereocenters. The first-order chi connectivity index (χ1) is 9.56. The molecule has 0 aliphatic carbocycles. The Hall–Kier alpha value is -1.95. The number of benzene rings is 1. The van der Waals surface area contributed by atoms with Gasteiger partial charge in [0.2, 0.25) is 5.96 Å². The van der Waals surface area contributed by atoms with E-state index in [1.165, 1.54) is 0 Å². The van der Waals surface area contributed by atoms with E-state index in [2.05, 4.69) is 9.98 Å². The molecule has 21 heavy (non-hydrogen) atoms. The average molecular weight is 311 g/mol. The fourth-order valence-corrected chi connectivity index (χ4v) is 2.12. The number of aliphatic imine (C=N–C) groups is 2. The first-order valence-corrected chi connectivity index (χ1v) is 6.77. The van der Waals surface area contributed by atoms with E-state index in [1.807, 2.05) is 48.2 Å². The number of likely N-dealkylation sites (tertiary alicyclic amines) is 1. The van der Waals surface area contributed by atoms with Crippen LogP contribution in [-0.4, -0.2) is 44.0 Å². The Balaban J connectivity index is 0.00000220. The third-order valence-electron chi connectivity index (χ3n) is 3.27. The maximum atomic E-state index is 5.91. The highest BCUT2D eigenvalue weighted by Crippen LogP contribution is 2.18. The normalized spacial score (nSPS) is 15.8. The molecule has 0 atom stereocenters. The van der Waals surface area contributed by atoms with Gasteiger partial charge in [-0.2, -0.15) is 4.99 Å². The fraction of sp³-hybridized carbons (Fsp3) is 0.429. The molecular formula is C14H23ClN6. The number of nitrogens with two attached hydrogens (primary N) is 2. The fourth-order valence-electron chi connectivity index (χ4n) is 2.12. The number of hydrogen-bond acceptors (Lipinski definition) is 2. The van der Waals surface area contributed by atoms with Crippen LogP contribution in [0.3, 0.4) is 0 Å². The lowest BCUT2D eigenvalue weighted by atomic mass is 10.3. The van der Waals surface area contributed by atoms with Gasteiger partial charge in [-0.25, -0.2) is 4.99 Å². The summed E-state index contributed by atoms with van der Waals surface area (Å²) in [4.78, 5) is 12.5. The van der Waals surface area contributed by atoms with Crippen molar-refractivity contribution in [3.63, 3.8) is 0 Å². The van der Waals surface area contributed by atoms with Crippen LogP contribution in [0.2, 0.25) is 0 Å². The molecule has 6 nitrogen and oxygen atoms in total. The van der Waals surface area contributed by atoms with Crippen LogP contribution in [0.5, 0.6) is 0 Å². The van der Waals surface area contributed by atoms with Crippen molar-refractivity contribution in [2.45, 2.75) is 12.8 Å². The number of hydrogen-bond donors (Lipinski definition) is 2. The van der Waals surface area contributed by atoms with Crippen LogP contribution in [-0.2, 0) is 0 Å². The lowest BCUT2D eigenvalue weighted by molar-refractivity contribution is 0.514. The second-order valence-electron chi connectivity index (χ2n) is 5.04. The van der Waals surface area contributed by atoms with E-state index >= 15 is 0 Å². The Bertz CT molecular complexity index is 503. The van der Waals surface area contributed by atoms with Crippen LogP contribution in [0.15, 0.2) is 34.3 Å². The minimum absolute atomic E-state index is 0. The maximum Gasteiger partial charge on any atom is 0.223 e. The van der Waals surface area contributed by atoms with Gasteiger partial charge in [0, 0.05) is 32.9 Å². The highest BCUT2D eigenvalue weighted by atomic mass is 35.5. The zero-order valence-electron chi connectivity index (χ0n) is 12.5. The van der Waals surface area contributed by atoms with Crippen LogP contribution in [0.25, 0.3) is 0 Å². The maximum absolute atomic E-state index is 5.91. The zero-order chi connectivity index (χ0) is 14.5. The Morgan fingerprint density at radius 1 is 1.10 bits per heavy atom. The monoisotopic (exact) mass is 310 g/mol. The van der Waals surface area contributed by atoms with Crippen molar-refractivity contribution in [3.8, 4) is 0 Å². The quantitative estimate of drug-likeness (QED) is 0.641.